The van der Waals surface area contributed by atoms with Crippen LogP contribution in [0.25, 0.3) is 64.6 Å². The van der Waals surface area contributed by atoms with Crippen LogP contribution in [0.2, 0.25) is 0 Å². The monoisotopic (exact) mass is 1640 g/mol. The fourth-order valence-corrected chi connectivity index (χ4v) is 16.8. The van der Waals surface area contributed by atoms with Crippen molar-refractivity contribution in [1.29, 1.82) is 0 Å². The number of anilines is 6. The fraction of sp³-hybridized carbons (Fsp3) is 0.438. The van der Waals surface area contributed by atoms with E-state index in [9.17, 15) is 24.0 Å². The summed E-state index contributed by atoms with van der Waals surface area (Å²) in [7, 11) is 0. The Bertz CT molecular complexity index is 5110. The van der Waals surface area contributed by atoms with Crippen LogP contribution in [0.4, 0.5) is 43.7 Å². The molecule has 0 heterocycles. The summed E-state index contributed by atoms with van der Waals surface area (Å²) in [6.07, 6.45) is 25.8. The number of nitrogens with one attached hydrogen (secondary N) is 6. The van der Waals surface area contributed by atoms with Crippen LogP contribution in [0.15, 0.2) is 152 Å². The Morgan fingerprint density at radius 2 is 0.512 bits per heavy atom. The number of amides is 2. The van der Waals surface area contributed by atoms with Gasteiger partial charge in [-0.3, -0.25) is 10.6 Å². The molecule has 11 aromatic carbocycles. The number of unbranched alkanes of at least 4 members (excludes halogenated alkanes) is 21. The van der Waals surface area contributed by atoms with Gasteiger partial charge in [0.25, 0.3) is 0 Å². The molecule has 642 valence electrons. The quantitative estimate of drug-likeness (QED) is 0.00911. The van der Waals surface area contributed by atoms with E-state index < -0.39 is 35.3 Å². The van der Waals surface area contributed by atoms with Gasteiger partial charge in [-0.2, -0.15) is 0 Å². The summed E-state index contributed by atoms with van der Waals surface area (Å²) < 4.78 is 29.2. The zero-order valence-electron chi connectivity index (χ0n) is 74.4. The summed E-state index contributed by atoms with van der Waals surface area (Å²) in [5, 5.41) is 34.2. The molecule has 6 N–H and O–H groups in total. The number of benzene rings is 11. The minimum atomic E-state index is -0.741. The molecule has 0 saturated heterocycles. The van der Waals surface area contributed by atoms with Crippen LogP contribution >= 0.6 is 0 Å². The van der Waals surface area contributed by atoms with Gasteiger partial charge in [-0.1, -0.05) is 228 Å². The van der Waals surface area contributed by atoms with Crippen LogP contribution in [0.3, 0.4) is 0 Å². The van der Waals surface area contributed by atoms with Gasteiger partial charge in [0.05, 0.1) is 36.5 Å². The Labute approximate surface area is 718 Å². The third-order valence-electron chi connectivity index (χ3n) is 22.8. The normalized spacial score (nSPS) is 11.7. The maximum absolute atomic E-state index is 14.6. The Morgan fingerprint density at radius 3 is 0.760 bits per heavy atom. The van der Waals surface area contributed by atoms with Crippen molar-refractivity contribution in [1.82, 2.24) is 0 Å². The van der Waals surface area contributed by atoms with Crippen molar-refractivity contribution in [3.63, 3.8) is 0 Å². The minimum Gasteiger partial charge on any atom is -0.462 e. The number of rotatable bonds is 44. The van der Waals surface area contributed by atoms with Gasteiger partial charge in [-0.25, -0.2) is 24.0 Å². The lowest BCUT2D eigenvalue weighted by molar-refractivity contribution is 0.0488. The molecule has 0 aromatic heterocycles. The highest BCUT2D eigenvalue weighted by Gasteiger charge is 2.24. The number of esters is 3. The molecular formula is C105H132N6O10. The molecule has 0 bridgehead atoms. The van der Waals surface area contributed by atoms with E-state index >= 15 is 0 Å². The number of carbonyl (C=O) groups is 5. The van der Waals surface area contributed by atoms with E-state index in [1.807, 2.05) is 65.8 Å². The van der Waals surface area contributed by atoms with E-state index in [2.05, 4.69) is 183 Å². The van der Waals surface area contributed by atoms with Gasteiger partial charge in [0.2, 0.25) is 0 Å². The predicted molar refractivity (Wildman–Crippen MR) is 504 cm³/mol. The van der Waals surface area contributed by atoms with Gasteiger partial charge in [0.1, 0.15) is 11.2 Å². The van der Waals surface area contributed by atoms with Gasteiger partial charge in [0, 0.05) is 60.3 Å². The average molecular weight is 1640 g/mol. The van der Waals surface area contributed by atoms with Crippen LogP contribution in [0.5, 0.6) is 0 Å². The molecule has 0 spiro atoms. The third kappa shape index (κ3) is 25.8. The smallest absolute Gasteiger partial charge is 0.412 e. The topological polar surface area (TPSA) is 204 Å². The molecule has 16 heteroatoms. The summed E-state index contributed by atoms with van der Waals surface area (Å²) in [5.74, 6) is -1.30. The number of fused-ring (bicyclic) bond motifs is 10. The van der Waals surface area contributed by atoms with E-state index in [-0.39, 0.29) is 5.97 Å². The second-order valence-corrected chi connectivity index (χ2v) is 35.2. The lowest BCUT2D eigenvalue weighted by Crippen LogP contribution is -2.27. The average Bonchev–Trinajstić information content (AvgIpc) is 0.733. The van der Waals surface area contributed by atoms with Gasteiger partial charge in [-0.05, 0) is 277 Å². The van der Waals surface area contributed by atoms with Gasteiger partial charge in [-0.15, -0.1) is 0 Å². The van der Waals surface area contributed by atoms with Gasteiger partial charge in [0.15, 0.2) is 0 Å². The lowest BCUT2D eigenvalue weighted by atomic mass is 9.87. The molecule has 2 amide bonds. The highest BCUT2D eigenvalue weighted by molar-refractivity contribution is 6.25. The molecule has 0 aliphatic heterocycles. The molecule has 11 rings (SSSR count). The number of ether oxygens (including phenoxy) is 5. The molecule has 0 atom stereocenters. The Hall–Kier alpha value is -10.9. The zero-order chi connectivity index (χ0) is 86.0. The molecule has 0 fully saturated rings. The maximum Gasteiger partial charge on any atom is 0.412 e. The number of aryl methyl sites for hydroxylation is 4. The third-order valence-corrected chi connectivity index (χ3v) is 22.8. The van der Waals surface area contributed by atoms with Crippen LogP contribution in [0, 0.1) is 27.7 Å². The summed E-state index contributed by atoms with van der Waals surface area (Å²) >= 11 is 0. The van der Waals surface area contributed by atoms with E-state index in [1.54, 1.807) is 24.3 Å². The molecule has 0 radical (unpaired) electrons. The van der Waals surface area contributed by atoms with E-state index in [0.717, 1.165) is 178 Å². The van der Waals surface area contributed by atoms with Crippen LogP contribution in [-0.2, 0) is 49.9 Å². The van der Waals surface area contributed by atoms with Crippen LogP contribution in [-0.4, -0.2) is 61.1 Å². The summed E-state index contributed by atoms with van der Waals surface area (Å²) in [6, 6.07) is 51.5. The molecule has 11 aromatic rings. The Kier molecular flexibility index (Phi) is 33.1. The van der Waals surface area contributed by atoms with Crippen molar-refractivity contribution < 1.29 is 47.7 Å². The molecule has 16 nitrogen and oxygen atoms in total. The molecular weight excluding hydrogens is 1510 g/mol. The minimum absolute atomic E-state index is 0.309. The van der Waals surface area contributed by atoms with E-state index in [4.69, 9.17) is 23.7 Å². The number of hydrogen-bond acceptors (Lipinski definition) is 14. The van der Waals surface area contributed by atoms with Crippen molar-refractivity contribution in [3.8, 4) is 0 Å². The van der Waals surface area contributed by atoms with E-state index in [1.165, 1.54) is 96.3 Å². The summed E-state index contributed by atoms with van der Waals surface area (Å²) in [6.45, 7) is 28.8. The summed E-state index contributed by atoms with van der Waals surface area (Å²) in [4.78, 5) is 69.0. The first-order valence-corrected chi connectivity index (χ1v) is 45.0. The first-order chi connectivity index (χ1) is 58.3. The number of carbonyl (C=O) groups excluding carboxylic acids is 5. The molecule has 0 unspecified atom stereocenters. The van der Waals surface area contributed by atoms with Crippen LogP contribution in [0.1, 0.15) is 292 Å². The van der Waals surface area contributed by atoms with E-state index in [0.29, 0.717) is 85.4 Å². The number of hydrogen-bond donors (Lipinski definition) is 6. The Morgan fingerprint density at radius 1 is 0.281 bits per heavy atom. The van der Waals surface area contributed by atoms with Gasteiger partial charge < -0.3 is 45.0 Å². The second-order valence-electron chi connectivity index (χ2n) is 35.2. The first kappa shape index (κ1) is 90.9. The SMILES string of the molecule is CCCCCCCCCCOC(=O)c1cc(NCc2cc3cc(CNc4cc(NC(=O)OC(C)(C)C)cc(C(=O)OCCCCCCCCCC)c4)c4cccc(C)c4c3c3c(C)cccc23)cc(NCc2cc3cc(CNc4cc(NC(=O)OC(C)(C)C)cc(C(=O)OCCCCCCCCCC)c4)c4cccc(C)c4c3c3c(C)cccc23)c1. The van der Waals surface area contributed by atoms with Crippen molar-refractivity contribution >= 4 is 129 Å². The molecule has 121 heavy (non-hydrogen) atoms. The molecule has 0 aliphatic carbocycles. The lowest BCUT2D eigenvalue weighted by Gasteiger charge is -2.21. The van der Waals surface area contributed by atoms with Crippen LogP contribution < -0.4 is 31.9 Å². The van der Waals surface area contributed by atoms with Gasteiger partial charge >= 0.3 is 30.1 Å². The zero-order valence-corrected chi connectivity index (χ0v) is 74.4. The van der Waals surface area contributed by atoms with Crippen molar-refractivity contribution in [2.24, 2.45) is 0 Å². The standard InChI is InChI=1S/C105H132N6O10/c1-14-17-20-23-26-29-32-35-50-117-99(112)76-57-83(106-66-79-53-74-55-81(91-48-40-44-72(6)95(91)97(74)93-70(4)42-38-46-89(79)93)68-108-85-59-77(61-87(64-85)110-102(115)120-104(8,9)10)100(113)118-51-36-33-30-27-24-21-18-15-2)63-84(58-76)107-67-80-54-75-56-82(92-49-41-45-73(7)96(92)98(75)94-71(5)43-39-47-90(80)94)69-109-86-60-78(62-88(65-86)111-103(116)121-105(11,12)13)101(114)119-52-37-34-31-28-25-22-19-16-3/h38-49,53-65,106-109H,14-37,50-52,66-69H2,1-13H3,(H,110,115)(H,111,116). The Balaban J connectivity index is 0.900. The molecule has 0 aliphatic rings. The summed E-state index contributed by atoms with van der Waals surface area (Å²) in [5.41, 5.74) is 11.9. The van der Waals surface area contributed by atoms with Crippen molar-refractivity contribution in [2.45, 2.75) is 281 Å². The first-order valence-electron chi connectivity index (χ1n) is 45.0. The van der Waals surface area contributed by atoms with Crippen molar-refractivity contribution in [2.75, 3.05) is 51.7 Å². The highest BCUT2D eigenvalue weighted by atomic mass is 16.6. The largest absolute Gasteiger partial charge is 0.462 e. The second kappa shape index (κ2) is 44.1. The fourth-order valence-electron chi connectivity index (χ4n) is 16.8. The molecule has 0 saturated carbocycles. The maximum atomic E-state index is 14.6. The van der Waals surface area contributed by atoms with Crippen molar-refractivity contribution in [3.05, 3.63) is 213 Å². The predicted octanol–water partition coefficient (Wildman–Crippen LogP) is 28.9. The highest BCUT2D eigenvalue weighted by Crippen LogP contribution is 2.43.